The minimum Gasteiger partial charge on any atom is -0.377 e. The highest BCUT2D eigenvalue weighted by molar-refractivity contribution is 5.32. The molecule has 0 aliphatic rings. The summed E-state index contributed by atoms with van der Waals surface area (Å²) < 4.78 is 234. The lowest BCUT2D eigenvalue weighted by Gasteiger charge is -2.43. The third-order valence-corrected chi connectivity index (χ3v) is 6.00. The molecule has 0 aliphatic carbocycles. The van der Waals surface area contributed by atoms with Gasteiger partial charge in [-0.25, -0.2) is 0 Å². The van der Waals surface area contributed by atoms with Crippen LogP contribution >= 0.6 is 0 Å². The van der Waals surface area contributed by atoms with Gasteiger partial charge in [0.2, 0.25) is 0 Å². The number of rotatable bonds is 12. The molecular weight excluding hydrogens is 591 g/mol. The lowest BCUT2D eigenvalue weighted by molar-refractivity contribution is -0.462. The Balaban J connectivity index is 3.64. The largest absolute Gasteiger partial charge is 0.460 e. The molecule has 1 nitrogen and oxygen atoms in total. The Labute approximate surface area is 209 Å². The van der Waals surface area contributed by atoms with Crippen LogP contribution in [0.3, 0.4) is 0 Å². The highest BCUT2D eigenvalue weighted by Crippen LogP contribution is 2.64. The molecule has 228 valence electrons. The van der Waals surface area contributed by atoms with E-state index in [2.05, 4.69) is 4.74 Å². The molecular formula is C21H19F17O. The van der Waals surface area contributed by atoms with Gasteiger partial charge in [0.1, 0.15) is 0 Å². The normalized spacial score (nSPS) is 16.8. The van der Waals surface area contributed by atoms with Gasteiger partial charge >= 0.3 is 47.6 Å². The maximum absolute atomic E-state index is 14.5. The van der Waals surface area contributed by atoms with Crippen LogP contribution in [0.5, 0.6) is 0 Å². The molecule has 1 aromatic rings. The lowest BCUT2D eigenvalue weighted by Crippen LogP contribution is -2.74. The minimum absolute atomic E-state index is 0.114. The van der Waals surface area contributed by atoms with Crippen molar-refractivity contribution >= 4 is 0 Å². The Hall–Kier alpha value is -2.01. The molecule has 39 heavy (non-hydrogen) atoms. The van der Waals surface area contributed by atoms with Crippen LogP contribution in [-0.4, -0.2) is 54.7 Å². The Morgan fingerprint density at radius 3 is 1.31 bits per heavy atom. The number of methoxy groups -OCH3 is 1. The molecule has 0 saturated heterocycles. The molecule has 0 saturated carbocycles. The highest BCUT2D eigenvalue weighted by Gasteiger charge is 2.95. The van der Waals surface area contributed by atoms with Gasteiger partial charge in [-0.15, -0.1) is 0 Å². The number of hydrogen-bond donors (Lipinski definition) is 0. The first-order valence-corrected chi connectivity index (χ1v) is 10.5. The van der Waals surface area contributed by atoms with Crippen LogP contribution in [0.2, 0.25) is 0 Å². The van der Waals surface area contributed by atoms with Crippen LogP contribution in [0.25, 0.3) is 0 Å². The van der Waals surface area contributed by atoms with Crippen LogP contribution in [0.15, 0.2) is 24.3 Å². The van der Waals surface area contributed by atoms with E-state index >= 15 is 0 Å². The maximum atomic E-state index is 14.5. The third-order valence-electron chi connectivity index (χ3n) is 6.00. The molecule has 0 radical (unpaired) electrons. The van der Waals surface area contributed by atoms with Crippen molar-refractivity contribution in [2.75, 3.05) is 7.11 Å². The van der Waals surface area contributed by atoms with E-state index in [0.29, 0.717) is 7.11 Å². The van der Waals surface area contributed by atoms with E-state index in [9.17, 15) is 74.6 Å². The molecule has 0 spiro atoms. The molecule has 2 atom stereocenters. The van der Waals surface area contributed by atoms with E-state index in [1.54, 1.807) is 6.92 Å². The van der Waals surface area contributed by atoms with Gasteiger partial charge in [0, 0.05) is 13.5 Å². The fourth-order valence-electron chi connectivity index (χ4n) is 3.35. The van der Waals surface area contributed by atoms with Gasteiger partial charge in [-0.2, -0.15) is 74.6 Å². The Morgan fingerprint density at radius 1 is 0.590 bits per heavy atom. The average Bonchev–Trinajstić information content (AvgIpc) is 2.80. The molecule has 0 aliphatic heterocycles. The molecule has 0 heterocycles. The first-order valence-electron chi connectivity index (χ1n) is 10.5. The number of ether oxygens (including phenoxy) is 1. The van der Waals surface area contributed by atoms with E-state index in [-0.39, 0.29) is 17.5 Å². The zero-order chi connectivity index (χ0) is 31.3. The van der Waals surface area contributed by atoms with Crippen molar-refractivity contribution in [1.29, 1.82) is 0 Å². The fourth-order valence-corrected chi connectivity index (χ4v) is 3.35. The van der Waals surface area contributed by atoms with Crippen molar-refractivity contribution in [2.45, 2.75) is 86.3 Å². The van der Waals surface area contributed by atoms with Gasteiger partial charge in [0.15, 0.2) is 0 Å². The van der Waals surface area contributed by atoms with E-state index in [1.165, 1.54) is 19.1 Å². The van der Waals surface area contributed by atoms with Crippen LogP contribution in [0.1, 0.15) is 49.8 Å². The average molecular weight is 610 g/mol. The summed E-state index contributed by atoms with van der Waals surface area (Å²) in [6.07, 6.45) is -12.5. The third kappa shape index (κ3) is 5.25. The summed E-state index contributed by atoms with van der Waals surface area (Å²) in [6, 6.07) is 4.70. The second-order valence-electron chi connectivity index (χ2n) is 8.52. The first-order chi connectivity index (χ1) is 17.1. The van der Waals surface area contributed by atoms with Crippen molar-refractivity contribution in [3.05, 3.63) is 35.4 Å². The number of alkyl halides is 17. The van der Waals surface area contributed by atoms with Crippen molar-refractivity contribution < 1.29 is 79.4 Å². The summed E-state index contributed by atoms with van der Waals surface area (Å²) in [4.78, 5) is 0. The molecule has 18 heteroatoms. The van der Waals surface area contributed by atoms with E-state index < -0.39 is 66.1 Å². The number of halogens is 17. The summed E-state index contributed by atoms with van der Waals surface area (Å²) in [5.41, 5.74) is -0.259. The SMILES string of the molecule is CCC(C)c1ccccc1C(CC(F)(F)C(F)(F)C(F)(F)C(F)(F)C(F)(F)C(F)(F)C(F)(F)C(F)(F)F)OC. The first kappa shape index (κ1) is 35.0. The molecule has 2 unspecified atom stereocenters. The molecule has 0 amide bonds. The zero-order valence-electron chi connectivity index (χ0n) is 19.7. The Kier molecular flexibility index (Phi) is 9.37. The van der Waals surface area contributed by atoms with E-state index in [0.717, 1.165) is 12.1 Å². The summed E-state index contributed by atoms with van der Waals surface area (Å²) in [5, 5.41) is 0. The number of benzene rings is 1. The molecule has 0 N–H and O–H groups in total. The van der Waals surface area contributed by atoms with Crippen molar-refractivity contribution in [3.8, 4) is 0 Å². The Bertz CT molecular complexity index is 983. The standard InChI is InChI=1S/C21H19F17O/c1-4-10(2)11-7-5-6-8-12(11)13(39-3)9-14(22,23)15(24,25)16(26,27)17(28,29)18(30,31)19(32,33)20(34,35)21(36,37)38/h5-8,10,13H,4,9H2,1-3H3. The summed E-state index contributed by atoms with van der Waals surface area (Å²) >= 11 is 0. The molecule has 0 fully saturated rings. The maximum Gasteiger partial charge on any atom is 0.460 e. The summed E-state index contributed by atoms with van der Waals surface area (Å²) in [5.74, 6) is -57.1. The van der Waals surface area contributed by atoms with Gasteiger partial charge in [0.05, 0.1) is 6.10 Å². The second-order valence-corrected chi connectivity index (χ2v) is 8.52. The predicted molar refractivity (Wildman–Crippen MR) is 100 cm³/mol. The van der Waals surface area contributed by atoms with Gasteiger partial charge in [-0.3, -0.25) is 0 Å². The van der Waals surface area contributed by atoms with E-state index in [1.807, 2.05) is 0 Å². The topological polar surface area (TPSA) is 9.23 Å². The fraction of sp³-hybridized carbons (Fsp3) is 0.714. The summed E-state index contributed by atoms with van der Waals surface area (Å²) in [7, 11) is 0.576. The monoisotopic (exact) mass is 610 g/mol. The van der Waals surface area contributed by atoms with Crippen molar-refractivity contribution in [3.63, 3.8) is 0 Å². The van der Waals surface area contributed by atoms with Gasteiger partial charge < -0.3 is 4.74 Å². The second kappa shape index (κ2) is 10.4. The van der Waals surface area contributed by atoms with Crippen LogP contribution in [0.4, 0.5) is 74.6 Å². The zero-order valence-corrected chi connectivity index (χ0v) is 19.7. The quantitative estimate of drug-likeness (QED) is 0.215. The van der Waals surface area contributed by atoms with Crippen LogP contribution in [0, 0.1) is 0 Å². The van der Waals surface area contributed by atoms with E-state index in [4.69, 9.17) is 0 Å². The number of hydrogen-bond acceptors (Lipinski definition) is 1. The predicted octanol–water partition coefficient (Wildman–Crippen LogP) is 9.29. The van der Waals surface area contributed by atoms with Crippen molar-refractivity contribution in [1.82, 2.24) is 0 Å². The lowest BCUT2D eigenvalue weighted by atomic mass is 9.85. The Morgan fingerprint density at radius 2 is 0.949 bits per heavy atom. The van der Waals surface area contributed by atoms with Gasteiger partial charge in [-0.05, 0) is 23.5 Å². The molecule has 0 bridgehead atoms. The summed E-state index contributed by atoms with van der Waals surface area (Å²) in [6.45, 7) is 3.07. The highest BCUT2D eigenvalue weighted by atomic mass is 19.4. The van der Waals surface area contributed by atoms with Crippen molar-refractivity contribution in [2.24, 2.45) is 0 Å². The van der Waals surface area contributed by atoms with Gasteiger partial charge in [0.25, 0.3) is 0 Å². The molecule has 1 aromatic carbocycles. The van der Waals surface area contributed by atoms with Gasteiger partial charge in [-0.1, -0.05) is 38.1 Å². The molecule has 0 aromatic heterocycles. The van der Waals surface area contributed by atoms with Crippen LogP contribution < -0.4 is 0 Å². The minimum atomic E-state index is -8.65. The van der Waals surface area contributed by atoms with Crippen LogP contribution in [-0.2, 0) is 4.74 Å². The smallest absolute Gasteiger partial charge is 0.377 e. The molecule has 1 rings (SSSR count).